The van der Waals surface area contributed by atoms with Crippen LogP contribution in [0, 0.1) is 0 Å². The maximum Gasteiger partial charge on any atom is 0.250 e. The topological polar surface area (TPSA) is 66.5 Å². The Morgan fingerprint density at radius 1 is 1.47 bits per heavy atom. The van der Waals surface area contributed by atoms with Crippen LogP contribution in [0.15, 0.2) is 11.6 Å². The molecule has 1 rings (SSSR count). The zero-order valence-corrected chi connectivity index (χ0v) is 10.4. The van der Waals surface area contributed by atoms with Crippen LogP contribution in [-0.4, -0.2) is 35.2 Å². The summed E-state index contributed by atoms with van der Waals surface area (Å²) in [6.07, 6.45) is 3.05. The van der Waals surface area contributed by atoms with Crippen LogP contribution in [0.5, 0.6) is 0 Å². The Morgan fingerprint density at radius 3 is 2.65 bits per heavy atom. The number of carbonyl (C=O) groups is 3. The van der Waals surface area contributed by atoms with Gasteiger partial charge in [-0.3, -0.25) is 19.7 Å². The minimum atomic E-state index is -0.541. The van der Waals surface area contributed by atoms with Gasteiger partial charge in [0.05, 0.1) is 0 Å². The SMILES string of the molecule is CC/C=C(/C)C(=O)N1CC(=O)NC(=O)C1CC. The minimum absolute atomic E-state index is 0.0437. The number of piperazine rings is 1. The summed E-state index contributed by atoms with van der Waals surface area (Å²) in [6.45, 7) is 5.41. The highest BCUT2D eigenvalue weighted by molar-refractivity contribution is 6.06. The number of amides is 3. The molecule has 0 radical (unpaired) electrons. The van der Waals surface area contributed by atoms with E-state index < -0.39 is 11.9 Å². The molecule has 1 N–H and O–H groups in total. The van der Waals surface area contributed by atoms with Crippen molar-refractivity contribution in [2.24, 2.45) is 0 Å². The van der Waals surface area contributed by atoms with Crippen molar-refractivity contribution in [3.63, 3.8) is 0 Å². The Hall–Kier alpha value is -1.65. The molecule has 5 nitrogen and oxygen atoms in total. The van der Waals surface area contributed by atoms with Crippen LogP contribution in [0.25, 0.3) is 0 Å². The highest BCUT2D eigenvalue weighted by Gasteiger charge is 2.35. The molecule has 1 fully saturated rings. The fraction of sp³-hybridized carbons (Fsp3) is 0.583. The van der Waals surface area contributed by atoms with Crippen LogP contribution < -0.4 is 5.32 Å². The molecule has 0 aromatic rings. The van der Waals surface area contributed by atoms with Gasteiger partial charge in [0.25, 0.3) is 0 Å². The molecule has 1 saturated heterocycles. The predicted octanol–water partition coefficient (Wildman–Crippen LogP) is 0.606. The molecule has 1 heterocycles. The first-order chi connectivity index (χ1) is 8.01. The Labute approximate surface area is 101 Å². The molecule has 0 aromatic heterocycles. The fourth-order valence-corrected chi connectivity index (χ4v) is 1.91. The second-order valence-corrected chi connectivity index (χ2v) is 4.06. The molecule has 1 aliphatic rings. The van der Waals surface area contributed by atoms with E-state index in [2.05, 4.69) is 5.32 Å². The van der Waals surface area contributed by atoms with Gasteiger partial charge in [-0.15, -0.1) is 0 Å². The van der Waals surface area contributed by atoms with Crippen LogP contribution in [0.4, 0.5) is 0 Å². The van der Waals surface area contributed by atoms with Gasteiger partial charge in [-0.1, -0.05) is 19.9 Å². The molecular weight excluding hydrogens is 220 g/mol. The first-order valence-corrected chi connectivity index (χ1v) is 5.82. The van der Waals surface area contributed by atoms with Crippen molar-refractivity contribution in [2.45, 2.75) is 39.7 Å². The molecule has 3 amide bonds. The summed E-state index contributed by atoms with van der Waals surface area (Å²) in [4.78, 5) is 36.3. The van der Waals surface area contributed by atoms with Gasteiger partial charge in [0.15, 0.2) is 0 Å². The summed E-state index contributed by atoms with van der Waals surface area (Å²) in [5.41, 5.74) is 0.577. The maximum atomic E-state index is 12.1. The Balaban J connectivity index is 2.92. The molecule has 94 valence electrons. The summed E-state index contributed by atoms with van der Waals surface area (Å²) in [6, 6.07) is -0.541. The van der Waals surface area contributed by atoms with Gasteiger partial charge < -0.3 is 4.90 Å². The molecule has 0 aliphatic carbocycles. The Kier molecular flexibility index (Phi) is 4.43. The van der Waals surface area contributed by atoms with E-state index in [0.29, 0.717) is 12.0 Å². The second kappa shape index (κ2) is 5.61. The standard InChI is InChI=1S/C12H18N2O3/c1-4-6-8(3)12(17)14-7-10(15)13-11(16)9(14)5-2/h6,9H,4-5,7H2,1-3H3,(H,13,15,16)/b8-6-. The lowest BCUT2D eigenvalue weighted by Crippen LogP contribution is -2.59. The first kappa shape index (κ1) is 13.4. The monoisotopic (exact) mass is 238 g/mol. The number of hydrogen-bond donors (Lipinski definition) is 1. The lowest BCUT2D eigenvalue weighted by molar-refractivity contribution is -0.148. The maximum absolute atomic E-state index is 12.1. The third-order valence-electron chi connectivity index (χ3n) is 2.75. The number of imide groups is 1. The number of rotatable bonds is 3. The molecule has 0 spiro atoms. The van der Waals surface area contributed by atoms with Gasteiger partial charge in [0, 0.05) is 5.57 Å². The molecule has 1 unspecified atom stereocenters. The van der Waals surface area contributed by atoms with E-state index in [9.17, 15) is 14.4 Å². The molecule has 5 heteroatoms. The quantitative estimate of drug-likeness (QED) is 0.578. The van der Waals surface area contributed by atoms with Crippen LogP contribution in [0.3, 0.4) is 0 Å². The van der Waals surface area contributed by atoms with E-state index >= 15 is 0 Å². The van der Waals surface area contributed by atoms with E-state index in [4.69, 9.17) is 0 Å². The minimum Gasteiger partial charge on any atom is -0.318 e. The summed E-state index contributed by atoms with van der Waals surface area (Å²) in [5, 5.41) is 2.24. The van der Waals surface area contributed by atoms with Gasteiger partial charge >= 0.3 is 0 Å². The van der Waals surface area contributed by atoms with Crippen LogP contribution in [0.1, 0.15) is 33.6 Å². The first-order valence-electron chi connectivity index (χ1n) is 5.82. The van der Waals surface area contributed by atoms with Gasteiger partial charge in [0.2, 0.25) is 17.7 Å². The summed E-state index contributed by atoms with van der Waals surface area (Å²) in [5.74, 6) is -1.04. The van der Waals surface area contributed by atoms with E-state index in [1.54, 1.807) is 13.0 Å². The molecule has 17 heavy (non-hydrogen) atoms. The normalized spacial score (nSPS) is 21.5. The highest BCUT2D eigenvalue weighted by atomic mass is 16.2. The average molecular weight is 238 g/mol. The Bertz CT molecular complexity index is 374. The number of hydrogen-bond acceptors (Lipinski definition) is 3. The number of nitrogens with one attached hydrogen (secondary N) is 1. The third-order valence-corrected chi connectivity index (χ3v) is 2.75. The van der Waals surface area contributed by atoms with Crippen LogP contribution >= 0.6 is 0 Å². The molecule has 1 aliphatic heterocycles. The lowest BCUT2D eigenvalue weighted by atomic mass is 10.1. The number of nitrogens with zero attached hydrogens (tertiary/aromatic N) is 1. The number of allylic oxidation sites excluding steroid dienone is 1. The second-order valence-electron chi connectivity index (χ2n) is 4.06. The van der Waals surface area contributed by atoms with Gasteiger partial charge in [0.1, 0.15) is 12.6 Å². The highest BCUT2D eigenvalue weighted by Crippen LogP contribution is 2.13. The van der Waals surface area contributed by atoms with E-state index in [0.717, 1.165) is 6.42 Å². The fourth-order valence-electron chi connectivity index (χ4n) is 1.91. The Morgan fingerprint density at radius 2 is 2.12 bits per heavy atom. The van der Waals surface area contributed by atoms with Gasteiger partial charge in [-0.2, -0.15) is 0 Å². The average Bonchev–Trinajstić information content (AvgIpc) is 2.27. The summed E-state index contributed by atoms with van der Waals surface area (Å²) in [7, 11) is 0. The predicted molar refractivity (Wildman–Crippen MR) is 63.0 cm³/mol. The summed E-state index contributed by atoms with van der Waals surface area (Å²) < 4.78 is 0. The zero-order chi connectivity index (χ0) is 13.0. The van der Waals surface area contributed by atoms with E-state index in [1.165, 1.54) is 4.90 Å². The van der Waals surface area contributed by atoms with E-state index in [1.807, 2.05) is 13.8 Å². The zero-order valence-electron chi connectivity index (χ0n) is 10.4. The van der Waals surface area contributed by atoms with Crippen molar-refractivity contribution >= 4 is 17.7 Å². The largest absolute Gasteiger partial charge is 0.318 e. The molecule has 0 saturated carbocycles. The molecule has 0 bridgehead atoms. The third kappa shape index (κ3) is 2.93. The van der Waals surface area contributed by atoms with Gasteiger partial charge in [-0.05, 0) is 19.8 Å². The van der Waals surface area contributed by atoms with Crippen molar-refractivity contribution in [2.75, 3.05) is 6.54 Å². The van der Waals surface area contributed by atoms with Crippen LogP contribution in [-0.2, 0) is 14.4 Å². The van der Waals surface area contributed by atoms with Crippen molar-refractivity contribution in [1.29, 1.82) is 0 Å². The van der Waals surface area contributed by atoms with Crippen molar-refractivity contribution in [1.82, 2.24) is 10.2 Å². The van der Waals surface area contributed by atoms with Crippen LogP contribution in [0.2, 0.25) is 0 Å². The van der Waals surface area contributed by atoms with E-state index in [-0.39, 0.29) is 18.4 Å². The smallest absolute Gasteiger partial charge is 0.250 e. The van der Waals surface area contributed by atoms with Crippen molar-refractivity contribution in [3.05, 3.63) is 11.6 Å². The summed E-state index contributed by atoms with van der Waals surface area (Å²) >= 11 is 0. The molecular formula is C12H18N2O3. The lowest BCUT2D eigenvalue weighted by Gasteiger charge is -2.33. The van der Waals surface area contributed by atoms with Crippen molar-refractivity contribution in [3.8, 4) is 0 Å². The van der Waals surface area contributed by atoms with Crippen molar-refractivity contribution < 1.29 is 14.4 Å². The van der Waals surface area contributed by atoms with Gasteiger partial charge in [-0.25, -0.2) is 0 Å². The molecule has 1 atom stereocenters. The number of carbonyl (C=O) groups excluding carboxylic acids is 3. The molecule has 0 aromatic carbocycles.